The van der Waals surface area contributed by atoms with Gasteiger partial charge in [0.15, 0.2) is 0 Å². The summed E-state index contributed by atoms with van der Waals surface area (Å²) >= 11 is 0. The fourth-order valence-corrected chi connectivity index (χ4v) is 4.50. The van der Waals surface area contributed by atoms with Crippen LogP contribution >= 0.6 is 0 Å². The first kappa shape index (κ1) is 20.4. The molecule has 1 aromatic carbocycles. The number of aromatic nitrogens is 3. The number of nitrogens with one attached hydrogen (secondary N) is 1. The van der Waals surface area contributed by atoms with Gasteiger partial charge >= 0.3 is 0 Å². The van der Waals surface area contributed by atoms with Crippen molar-refractivity contribution < 1.29 is 9.53 Å². The Morgan fingerprint density at radius 3 is 2.75 bits per heavy atom. The number of benzene rings is 1. The third kappa shape index (κ3) is 4.28. The lowest BCUT2D eigenvalue weighted by Gasteiger charge is -2.32. The van der Waals surface area contributed by atoms with Crippen molar-refractivity contribution >= 4 is 17.5 Å². The summed E-state index contributed by atoms with van der Waals surface area (Å²) < 4.78 is 5.76. The average molecular weight is 430 g/mol. The van der Waals surface area contributed by atoms with Crippen LogP contribution < -0.4 is 10.1 Å². The Hall–Kier alpha value is -3.48. The van der Waals surface area contributed by atoms with E-state index in [1.54, 1.807) is 6.20 Å². The number of fused-ring (bicyclic) bond motifs is 1. The van der Waals surface area contributed by atoms with E-state index in [0.717, 1.165) is 53.3 Å². The van der Waals surface area contributed by atoms with Crippen LogP contribution in [0.1, 0.15) is 53.0 Å². The highest BCUT2D eigenvalue weighted by molar-refractivity contribution is 5.94. The summed E-state index contributed by atoms with van der Waals surface area (Å²) in [5.41, 5.74) is 3.78. The Kier molecular flexibility index (Phi) is 5.47. The summed E-state index contributed by atoms with van der Waals surface area (Å²) in [6.07, 6.45) is 6.33. The minimum absolute atomic E-state index is 0.0952. The standard InChI is InChI=1S/C25H27N5O2/c1-16-4-3-5-23(27-16)29-24-15-26-14-21(28-24)18-8-10-30(11-9-18)25(31)19-6-7-22-20(13-19)12-17(2)32-22/h3-7,13-15,17-18H,8-12H2,1-2H3,(H,27,28,29)/t17-/m0/s1. The number of likely N-dealkylation sites (tertiary alicyclic amines) is 1. The molecule has 1 saturated heterocycles. The van der Waals surface area contributed by atoms with Gasteiger partial charge in [0.2, 0.25) is 0 Å². The number of carbonyl (C=O) groups excluding carboxylic acids is 1. The van der Waals surface area contributed by atoms with E-state index in [0.29, 0.717) is 18.9 Å². The highest BCUT2D eigenvalue weighted by atomic mass is 16.5. The molecule has 4 heterocycles. The predicted molar refractivity (Wildman–Crippen MR) is 122 cm³/mol. The number of amides is 1. The van der Waals surface area contributed by atoms with Crippen LogP contribution in [0.25, 0.3) is 0 Å². The normalized spacial score (nSPS) is 18.2. The molecule has 1 fully saturated rings. The number of ether oxygens (including phenoxy) is 1. The van der Waals surface area contributed by atoms with E-state index in [-0.39, 0.29) is 17.9 Å². The zero-order valence-corrected chi connectivity index (χ0v) is 18.4. The molecule has 1 atom stereocenters. The van der Waals surface area contributed by atoms with Crippen LogP contribution in [0.4, 0.5) is 11.6 Å². The number of anilines is 2. The smallest absolute Gasteiger partial charge is 0.253 e. The van der Waals surface area contributed by atoms with E-state index in [9.17, 15) is 4.79 Å². The molecule has 3 aromatic rings. The predicted octanol–water partition coefficient (Wildman–Crippen LogP) is 4.27. The number of rotatable bonds is 4. The van der Waals surface area contributed by atoms with Crippen molar-refractivity contribution in [3.05, 3.63) is 71.3 Å². The molecule has 164 valence electrons. The molecule has 0 unspecified atom stereocenters. The van der Waals surface area contributed by atoms with Gasteiger partial charge < -0.3 is 15.0 Å². The monoisotopic (exact) mass is 429 g/mol. The molecule has 5 rings (SSSR count). The van der Waals surface area contributed by atoms with Crippen molar-refractivity contribution in [3.63, 3.8) is 0 Å². The summed E-state index contributed by atoms with van der Waals surface area (Å²) in [4.78, 5) is 28.6. The lowest BCUT2D eigenvalue weighted by atomic mass is 9.93. The minimum atomic E-state index is 0.0952. The number of carbonyl (C=O) groups is 1. The second-order valence-electron chi connectivity index (χ2n) is 8.64. The summed E-state index contributed by atoms with van der Waals surface area (Å²) in [5.74, 6) is 2.73. The van der Waals surface area contributed by atoms with Crippen molar-refractivity contribution in [2.24, 2.45) is 0 Å². The molecule has 0 radical (unpaired) electrons. The van der Waals surface area contributed by atoms with Gasteiger partial charge in [0.05, 0.1) is 11.9 Å². The molecular weight excluding hydrogens is 402 g/mol. The number of pyridine rings is 1. The molecule has 32 heavy (non-hydrogen) atoms. The van der Waals surface area contributed by atoms with Crippen molar-refractivity contribution in [2.45, 2.75) is 45.1 Å². The fourth-order valence-electron chi connectivity index (χ4n) is 4.50. The molecule has 2 aromatic heterocycles. The van der Waals surface area contributed by atoms with Gasteiger partial charge in [-0.25, -0.2) is 9.97 Å². The third-order valence-corrected chi connectivity index (χ3v) is 6.14. The number of hydrogen-bond donors (Lipinski definition) is 1. The summed E-state index contributed by atoms with van der Waals surface area (Å²) in [6.45, 7) is 5.44. The van der Waals surface area contributed by atoms with Crippen LogP contribution in [0.3, 0.4) is 0 Å². The molecule has 2 aliphatic rings. The fraction of sp³-hybridized carbons (Fsp3) is 0.360. The van der Waals surface area contributed by atoms with Crippen LogP contribution in [0.2, 0.25) is 0 Å². The zero-order valence-electron chi connectivity index (χ0n) is 18.4. The Morgan fingerprint density at radius 1 is 1.09 bits per heavy atom. The van der Waals surface area contributed by atoms with Crippen LogP contribution in [0.5, 0.6) is 5.75 Å². The Balaban J connectivity index is 1.22. The van der Waals surface area contributed by atoms with Crippen molar-refractivity contribution in [1.29, 1.82) is 0 Å². The third-order valence-electron chi connectivity index (χ3n) is 6.14. The van der Waals surface area contributed by atoms with E-state index in [2.05, 4.69) is 22.2 Å². The summed E-state index contributed by atoms with van der Waals surface area (Å²) in [6, 6.07) is 11.6. The number of hydrogen-bond acceptors (Lipinski definition) is 6. The second kappa shape index (κ2) is 8.57. The Labute approximate surface area is 187 Å². The number of piperidine rings is 1. The van der Waals surface area contributed by atoms with Crippen LogP contribution in [0.15, 0.2) is 48.8 Å². The highest BCUT2D eigenvalue weighted by Gasteiger charge is 2.27. The quantitative estimate of drug-likeness (QED) is 0.667. The summed E-state index contributed by atoms with van der Waals surface area (Å²) in [5, 5.41) is 3.24. The SMILES string of the molecule is Cc1cccc(Nc2cncc(C3CCN(C(=O)c4ccc5c(c4)C[C@H](C)O5)CC3)n2)n1. The Bertz CT molecular complexity index is 1140. The molecule has 7 heteroatoms. The molecule has 1 N–H and O–H groups in total. The molecule has 0 bridgehead atoms. The van der Waals surface area contributed by atoms with Crippen LogP contribution in [-0.2, 0) is 6.42 Å². The van der Waals surface area contributed by atoms with E-state index < -0.39 is 0 Å². The first-order chi connectivity index (χ1) is 15.5. The molecule has 2 aliphatic heterocycles. The minimum Gasteiger partial charge on any atom is -0.490 e. The topological polar surface area (TPSA) is 80.2 Å². The van der Waals surface area contributed by atoms with E-state index in [4.69, 9.17) is 9.72 Å². The van der Waals surface area contributed by atoms with Crippen molar-refractivity contribution in [1.82, 2.24) is 19.9 Å². The maximum atomic E-state index is 13.0. The average Bonchev–Trinajstić information content (AvgIpc) is 3.18. The molecule has 0 spiro atoms. The van der Waals surface area contributed by atoms with Crippen molar-refractivity contribution in [3.8, 4) is 5.75 Å². The first-order valence-corrected chi connectivity index (χ1v) is 11.2. The van der Waals surface area contributed by atoms with Gasteiger partial charge in [0.1, 0.15) is 23.5 Å². The van der Waals surface area contributed by atoms with Gasteiger partial charge in [-0.2, -0.15) is 0 Å². The maximum absolute atomic E-state index is 13.0. The van der Waals surface area contributed by atoms with Gasteiger partial charge in [-0.15, -0.1) is 0 Å². The number of nitrogens with zero attached hydrogens (tertiary/aromatic N) is 4. The van der Waals surface area contributed by atoms with E-state index in [1.165, 1.54) is 0 Å². The highest BCUT2D eigenvalue weighted by Crippen LogP contribution is 2.31. The zero-order chi connectivity index (χ0) is 22.1. The van der Waals surface area contributed by atoms with Gasteiger partial charge in [-0.1, -0.05) is 6.07 Å². The molecule has 0 saturated carbocycles. The largest absolute Gasteiger partial charge is 0.490 e. The molecule has 0 aliphatic carbocycles. The van der Waals surface area contributed by atoms with Crippen LogP contribution in [0, 0.1) is 6.92 Å². The van der Waals surface area contributed by atoms with Gasteiger partial charge in [0.25, 0.3) is 5.91 Å². The molecule has 7 nitrogen and oxygen atoms in total. The summed E-state index contributed by atoms with van der Waals surface area (Å²) in [7, 11) is 0. The lowest BCUT2D eigenvalue weighted by Crippen LogP contribution is -2.38. The first-order valence-electron chi connectivity index (χ1n) is 11.2. The van der Waals surface area contributed by atoms with Gasteiger partial charge in [-0.05, 0) is 62.6 Å². The van der Waals surface area contributed by atoms with Crippen LogP contribution in [-0.4, -0.2) is 45.0 Å². The molecular formula is C25H27N5O2. The maximum Gasteiger partial charge on any atom is 0.253 e. The van der Waals surface area contributed by atoms with Gasteiger partial charge in [-0.3, -0.25) is 9.78 Å². The van der Waals surface area contributed by atoms with Crippen molar-refractivity contribution in [2.75, 3.05) is 18.4 Å². The van der Waals surface area contributed by atoms with Gasteiger partial charge in [0, 0.05) is 42.9 Å². The lowest BCUT2D eigenvalue weighted by molar-refractivity contribution is 0.0712. The second-order valence-corrected chi connectivity index (χ2v) is 8.64. The number of aryl methyl sites for hydroxylation is 1. The molecule has 1 amide bonds. The Morgan fingerprint density at radius 2 is 1.94 bits per heavy atom. The van der Waals surface area contributed by atoms with E-state index in [1.807, 2.05) is 54.4 Å². The van der Waals surface area contributed by atoms with E-state index >= 15 is 0 Å².